The van der Waals surface area contributed by atoms with E-state index in [1.54, 1.807) is 19.2 Å². The molecule has 0 aliphatic heterocycles. The molecule has 0 aliphatic rings. The molecule has 1 heterocycles. The van der Waals surface area contributed by atoms with E-state index in [0.717, 1.165) is 0 Å². The van der Waals surface area contributed by atoms with Crippen LogP contribution in [-0.4, -0.2) is 27.1 Å². The van der Waals surface area contributed by atoms with Gasteiger partial charge in [0.05, 0.1) is 5.69 Å². The van der Waals surface area contributed by atoms with Gasteiger partial charge in [0, 0.05) is 6.20 Å². The van der Waals surface area contributed by atoms with Crippen LogP contribution in [0.1, 0.15) is 12.6 Å². The van der Waals surface area contributed by atoms with Crippen LogP contribution in [0, 0.1) is 0 Å². The first-order valence-corrected chi connectivity index (χ1v) is 4.56. The molecule has 64 valence electrons. The Hall–Kier alpha value is -1.10. The zero-order valence-corrected chi connectivity index (χ0v) is 7.67. The second-order valence-electron chi connectivity index (χ2n) is 2.11. The maximum Gasteiger partial charge on any atom is 0.187 e. The summed E-state index contributed by atoms with van der Waals surface area (Å²) in [5, 5.41) is 12.2. The van der Waals surface area contributed by atoms with Crippen molar-refractivity contribution < 1.29 is 5.21 Å². The van der Waals surface area contributed by atoms with Crippen LogP contribution in [0.15, 0.2) is 22.6 Å². The van der Waals surface area contributed by atoms with Crippen molar-refractivity contribution in [1.82, 2.24) is 9.97 Å². The topological polar surface area (TPSA) is 58.4 Å². The average Bonchev–Trinajstić information content (AvgIpc) is 2.17. The van der Waals surface area contributed by atoms with Crippen LogP contribution in [-0.2, 0) is 0 Å². The average molecular weight is 183 g/mol. The minimum atomic E-state index is 0.493. The highest BCUT2D eigenvalue weighted by molar-refractivity contribution is 7.98. The molecule has 0 fully saturated rings. The molecule has 0 amide bonds. The van der Waals surface area contributed by atoms with Crippen molar-refractivity contribution in [2.45, 2.75) is 12.1 Å². The standard InChI is InChI=1S/C7H9N3OS/c1-5(10-11)6-3-4-8-7(9-6)12-2/h3-4,11H,1-2H3/b10-5+. The number of hydrogen-bond donors (Lipinski definition) is 1. The van der Waals surface area contributed by atoms with Crippen molar-refractivity contribution in [1.29, 1.82) is 0 Å². The largest absolute Gasteiger partial charge is 0.411 e. The van der Waals surface area contributed by atoms with Gasteiger partial charge in [0.25, 0.3) is 0 Å². The Bertz CT molecular complexity index is 300. The highest BCUT2D eigenvalue weighted by atomic mass is 32.2. The molecule has 1 aromatic rings. The lowest BCUT2D eigenvalue weighted by atomic mass is 10.3. The number of oxime groups is 1. The van der Waals surface area contributed by atoms with Crippen LogP contribution in [0.4, 0.5) is 0 Å². The van der Waals surface area contributed by atoms with Gasteiger partial charge in [0.1, 0.15) is 5.71 Å². The molecule has 5 heteroatoms. The fourth-order valence-corrected chi connectivity index (χ4v) is 1.05. The van der Waals surface area contributed by atoms with Crippen molar-refractivity contribution in [2.24, 2.45) is 5.16 Å². The number of aromatic nitrogens is 2. The lowest BCUT2D eigenvalue weighted by Crippen LogP contribution is -2.00. The van der Waals surface area contributed by atoms with Gasteiger partial charge in [0.15, 0.2) is 5.16 Å². The number of rotatable bonds is 2. The summed E-state index contributed by atoms with van der Waals surface area (Å²) in [4.78, 5) is 8.11. The first-order valence-electron chi connectivity index (χ1n) is 3.34. The molecule has 0 saturated carbocycles. The lowest BCUT2D eigenvalue weighted by Gasteiger charge is -1.98. The van der Waals surface area contributed by atoms with Gasteiger partial charge >= 0.3 is 0 Å². The SMILES string of the molecule is CSc1nccc(/C(C)=N/O)n1. The molecule has 0 bridgehead atoms. The molecule has 0 unspecified atom stereocenters. The summed E-state index contributed by atoms with van der Waals surface area (Å²) >= 11 is 1.45. The second-order valence-corrected chi connectivity index (χ2v) is 2.89. The highest BCUT2D eigenvalue weighted by Crippen LogP contribution is 2.07. The zero-order valence-electron chi connectivity index (χ0n) is 6.85. The van der Waals surface area contributed by atoms with Gasteiger partial charge in [0.2, 0.25) is 0 Å². The van der Waals surface area contributed by atoms with E-state index in [9.17, 15) is 0 Å². The van der Waals surface area contributed by atoms with Crippen molar-refractivity contribution in [3.8, 4) is 0 Å². The van der Waals surface area contributed by atoms with Gasteiger partial charge in [-0.1, -0.05) is 16.9 Å². The zero-order chi connectivity index (χ0) is 8.97. The van der Waals surface area contributed by atoms with E-state index in [0.29, 0.717) is 16.6 Å². The molecule has 1 rings (SSSR count). The summed E-state index contributed by atoms with van der Waals surface area (Å²) in [6.45, 7) is 1.69. The molecule has 4 nitrogen and oxygen atoms in total. The van der Waals surface area contributed by atoms with Crippen molar-refractivity contribution in [3.05, 3.63) is 18.0 Å². The summed E-state index contributed by atoms with van der Waals surface area (Å²) in [5.41, 5.74) is 1.14. The van der Waals surface area contributed by atoms with E-state index < -0.39 is 0 Å². The van der Waals surface area contributed by atoms with Crippen LogP contribution < -0.4 is 0 Å². The van der Waals surface area contributed by atoms with E-state index >= 15 is 0 Å². The molecule has 1 aromatic heterocycles. The van der Waals surface area contributed by atoms with Crippen LogP contribution in [0.25, 0.3) is 0 Å². The smallest absolute Gasteiger partial charge is 0.187 e. The van der Waals surface area contributed by atoms with E-state index in [1.807, 2.05) is 6.26 Å². The van der Waals surface area contributed by atoms with E-state index in [4.69, 9.17) is 5.21 Å². The molecular formula is C7H9N3OS. The highest BCUT2D eigenvalue weighted by Gasteiger charge is 2.00. The Morgan fingerprint density at radius 3 is 3.00 bits per heavy atom. The van der Waals surface area contributed by atoms with Gasteiger partial charge in [-0.05, 0) is 19.2 Å². The van der Waals surface area contributed by atoms with Crippen LogP contribution >= 0.6 is 11.8 Å². The molecule has 0 aromatic carbocycles. The van der Waals surface area contributed by atoms with E-state index in [-0.39, 0.29) is 0 Å². The summed E-state index contributed by atoms with van der Waals surface area (Å²) in [6.07, 6.45) is 3.54. The number of nitrogens with zero attached hydrogens (tertiary/aromatic N) is 3. The Labute approximate surface area is 74.7 Å². The first-order chi connectivity index (χ1) is 5.77. The van der Waals surface area contributed by atoms with Gasteiger partial charge in [-0.2, -0.15) is 0 Å². The predicted octanol–water partition coefficient (Wildman–Crippen LogP) is 1.40. The monoisotopic (exact) mass is 183 g/mol. The number of thioether (sulfide) groups is 1. The summed E-state index contributed by atoms with van der Waals surface area (Å²) < 4.78 is 0. The van der Waals surface area contributed by atoms with Gasteiger partial charge in [-0.25, -0.2) is 9.97 Å². The Morgan fingerprint density at radius 1 is 1.67 bits per heavy atom. The van der Waals surface area contributed by atoms with E-state index in [2.05, 4.69) is 15.1 Å². The third-order valence-corrected chi connectivity index (χ3v) is 1.90. The third kappa shape index (κ3) is 1.94. The summed E-state index contributed by atoms with van der Waals surface area (Å²) in [6, 6.07) is 1.70. The Balaban J connectivity index is 3.02. The van der Waals surface area contributed by atoms with Crippen molar-refractivity contribution in [2.75, 3.05) is 6.26 Å². The molecule has 0 saturated heterocycles. The molecule has 0 radical (unpaired) electrons. The maximum absolute atomic E-state index is 8.47. The van der Waals surface area contributed by atoms with Crippen LogP contribution in [0.2, 0.25) is 0 Å². The second kappa shape index (κ2) is 4.06. The fourth-order valence-electron chi connectivity index (χ4n) is 0.692. The quantitative estimate of drug-likeness (QED) is 0.247. The maximum atomic E-state index is 8.47. The molecule has 0 aliphatic carbocycles. The van der Waals surface area contributed by atoms with Gasteiger partial charge < -0.3 is 5.21 Å². The Kier molecular flexibility index (Phi) is 3.04. The molecule has 12 heavy (non-hydrogen) atoms. The third-order valence-electron chi connectivity index (χ3n) is 1.34. The van der Waals surface area contributed by atoms with Gasteiger partial charge in [-0.15, -0.1) is 0 Å². The van der Waals surface area contributed by atoms with Crippen molar-refractivity contribution in [3.63, 3.8) is 0 Å². The summed E-state index contributed by atoms with van der Waals surface area (Å²) in [5.74, 6) is 0. The predicted molar refractivity (Wildman–Crippen MR) is 47.8 cm³/mol. The molecular weight excluding hydrogens is 174 g/mol. The number of hydrogen-bond acceptors (Lipinski definition) is 5. The van der Waals surface area contributed by atoms with Crippen molar-refractivity contribution >= 4 is 17.5 Å². The van der Waals surface area contributed by atoms with Crippen LogP contribution in [0.3, 0.4) is 0 Å². The van der Waals surface area contributed by atoms with Gasteiger partial charge in [-0.3, -0.25) is 0 Å². The minimum absolute atomic E-state index is 0.493. The van der Waals surface area contributed by atoms with Crippen LogP contribution in [0.5, 0.6) is 0 Å². The normalized spacial score (nSPS) is 11.7. The fraction of sp³-hybridized carbons (Fsp3) is 0.286. The molecule has 0 spiro atoms. The Morgan fingerprint density at radius 2 is 2.42 bits per heavy atom. The summed E-state index contributed by atoms with van der Waals surface area (Å²) in [7, 11) is 0. The first kappa shape index (κ1) is 8.99. The molecule has 1 N–H and O–H groups in total. The van der Waals surface area contributed by atoms with E-state index in [1.165, 1.54) is 11.8 Å². The lowest BCUT2D eigenvalue weighted by molar-refractivity contribution is 0.319. The molecule has 0 atom stereocenters. The minimum Gasteiger partial charge on any atom is -0.411 e.